The molecule has 2 aromatic heterocycles. The van der Waals surface area contributed by atoms with Crippen LogP contribution in [0, 0.1) is 18.8 Å². The maximum atomic E-state index is 10.3. The second-order valence-corrected chi connectivity index (χ2v) is 11.1. The van der Waals surface area contributed by atoms with Crippen molar-refractivity contribution in [2.45, 2.75) is 52.1 Å². The Hall–Kier alpha value is -1.93. The summed E-state index contributed by atoms with van der Waals surface area (Å²) in [5.41, 5.74) is 3.30. The lowest BCUT2D eigenvalue weighted by Crippen LogP contribution is -2.54. The fourth-order valence-corrected chi connectivity index (χ4v) is 6.42. The molecule has 0 radical (unpaired) electrons. The van der Waals surface area contributed by atoms with E-state index < -0.39 is 0 Å². The summed E-state index contributed by atoms with van der Waals surface area (Å²) in [7, 11) is 0. The highest BCUT2D eigenvalue weighted by Crippen LogP contribution is 2.32. The topological polar surface area (TPSA) is 70.3 Å². The highest BCUT2D eigenvalue weighted by Gasteiger charge is 2.35. The van der Waals surface area contributed by atoms with Crippen LogP contribution in [0.5, 0.6) is 0 Å². The minimum atomic E-state index is -0.127. The van der Waals surface area contributed by atoms with Crippen LogP contribution in [0.4, 0.5) is 5.82 Å². The van der Waals surface area contributed by atoms with Gasteiger partial charge in [-0.25, -0.2) is 14.6 Å². The number of piperidine rings is 2. The zero-order chi connectivity index (χ0) is 24.7. The van der Waals surface area contributed by atoms with Crippen LogP contribution < -0.4 is 4.90 Å². The summed E-state index contributed by atoms with van der Waals surface area (Å²) in [5, 5.41) is 16.2. The molecule has 1 N–H and O–H groups in total. The number of nitrogens with zero attached hydrogens (tertiary/aromatic N) is 6. The molecule has 2 fully saturated rings. The van der Waals surface area contributed by atoms with Gasteiger partial charge in [-0.15, -0.1) is 0 Å². The summed E-state index contributed by atoms with van der Waals surface area (Å²) >= 11 is 12.6. The maximum absolute atomic E-state index is 10.3. The van der Waals surface area contributed by atoms with Crippen molar-refractivity contribution >= 4 is 40.2 Å². The first-order valence-electron chi connectivity index (χ1n) is 12.6. The third kappa shape index (κ3) is 4.88. The first-order valence-corrected chi connectivity index (χ1v) is 13.4. The summed E-state index contributed by atoms with van der Waals surface area (Å²) in [6.07, 6.45) is 5.42. The van der Waals surface area contributed by atoms with Crippen LogP contribution in [0.2, 0.25) is 10.0 Å². The van der Waals surface area contributed by atoms with Crippen molar-refractivity contribution in [1.82, 2.24) is 24.6 Å². The predicted octanol–water partition coefficient (Wildman–Crippen LogP) is 4.97. The van der Waals surface area contributed by atoms with E-state index in [1.807, 2.05) is 29.9 Å². The van der Waals surface area contributed by atoms with Crippen LogP contribution in [-0.2, 0) is 0 Å². The van der Waals surface area contributed by atoms with Crippen LogP contribution in [0.25, 0.3) is 11.2 Å². The molecule has 3 aromatic rings. The molecule has 5 rings (SSSR count). The second kappa shape index (κ2) is 10.2. The van der Waals surface area contributed by atoms with Crippen molar-refractivity contribution in [3.05, 3.63) is 45.7 Å². The molecule has 35 heavy (non-hydrogen) atoms. The Balaban J connectivity index is 1.41. The van der Waals surface area contributed by atoms with Gasteiger partial charge in [0.2, 0.25) is 0 Å². The van der Waals surface area contributed by atoms with E-state index in [-0.39, 0.29) is 18.6 Å². The van der Waals surface area contributed by atoms with Crippen LogP contribution in [0.3, 0.4) is 0 Å². The lowest BCUT2D eigenvalue weighted by atomic mass is 9.88. The number of fused-ring (bicyclic) bond motifs is 1. The van der Waals surface area contributed by atoms with E-state index in [1.54, 1.807) is 6.07 Å². The normalized spacial score (nSPS) is 24.7. The Morgan fingerprint density at radius 2 is 2.00 bits per heavy atom. The second-order valence-electron chi connectivity index (χ2n) is 10.3. The van der Waals surface area contributed by atoms with Gasteiger partial charge in [0, 0.05) is 48.2 Å². The van der Waals surface area contributed by atoms with Gasteiger partial charge in [-0.2, -0.15) is 5.10 Å². The molecule has 0 amide bonds. The number of hydrogen-bond acceptors (Lipinski definition) is 6. The molecule has 2 saturated heterocycles. The number of aryl methyl sites for hydroxylation is 1. The van der Waals surface area contributed by atoms with Gasteiger partial charge in [-0.1, -0.05) is 36.2 Å². The van der Waals surface area contributed by atoms with Crippen LogP contribution in [0.15, 0.2) is 24.4 Å². The van der Waals surface area contributed by atoms with E-state index in [2.05, 4.69) is 23.6 Å². The minimum Gasteiger partial charge on any atom is -0.396 e. The van der Waals surface area contributed by atoms with Gasteiger partial charge in [0.05, 0.1) is 17.9 Å². The van der Waals surface area contributed by atoms with Crippen LogP contribution in [-0.4, -0.2) is 68.6 Å². The standard InChI is InChI=1S/C26H34Cl2N6O/c1-16-5-4-9-32(13-16)23-8-10-33(14-19(23)15-35)24-12-29-25-17(2)31-34(26(25)30-24)18(3)21-7-6-20(27)11-22(21)28/h6-7,11-12,16,18-19,23,35H,4-5,8-10,13-15H2,1-3H3/t16-,18-,19+,23+/m1/s1. The number of rotatable bonds is 5. The first-order chi connectivity index (χ1) is 16.9. The van der Waals surface area contributed by atoms with E-state index >= 15 is 0 Å². The molecule has 1 aromatic carbocycles. The molecule has 9 heteroatoms. The zero-order valence-electron chi connectivity index (χ0n) is 20.7. The minimum absolute atomic E-state index is 0.127. The molecule has 4 atom stereocenters. The van der Waals surface area contributed by atoms with Crippen molar-refractivity contribution < 1.29 is 5.11 Å². The lowest BCUT2D eigenvalue weighted by Gasteiger charge is -2.46. The molecule has 0 saturated carbocycles. The smallest absolute Gasteiger partial charge is 0.179 e. The van der Waals surface area contributed by atoms with Crippen molar-refractivity contribution in [3.8, 4) is 0 Å². The Kier molecular flexibility index (Phi) is 7.22. The summed E-state index contributed by atoms with van der Waals surface area (Å²) < 4.78 is 1.90. The lowest BCUT2D eigenvalue weighted by molar-refractivity contribution is 0.0524. The quantitative estimate of drug-likeness (QED) is 0.516. The van der Waals surface area contributed by atoms with Crippen molar-refractivity contribution in [2.75, 3.05) is 37.7 Å². The van der Waals surface area contributed by atoms with Crippen molar-refractivity contribution in [1.29, 1.82) is 0 Å². The molecule has 7 nitrogen and oxygen atoms in total. The third-order valence-electron chi connectivity index (χ3n) is 7.75. The van der Waals surface area contributed by atoms with E-state index in [0.717, 1.165) is 66.8 Å². The summed E-state index contributed by atoms with van der Waals surface area (Å²) in [5.74, 6) is 1.76. The highest BCUT2D eigenvalue weighted by atomic mass is 35.5. The highest BCUT2D eigenvalue weighted by molar-refractivity contribution is 6.35. The molecule has 4 heterocycles. The Morgan fingerprint density at radius 3 is 2.74 bits per heavy atom. The number of aromatic nitrogens is 4. The number of aliphatic hydroxyl groups is 1. The van der Waals surface area contributed by atoms with E-state index in [4.69, 9.17) is 38.3 Å². The number of likely N-dealkylation sites (tertiary alicyclic amines) is 1. The largest absolute Gasteiger partial charge is 0.396 e. The number of benzene rings is 1. The molecule has 0 spiro atoms. The average molecular weight is 518 g/mol. The van der Waals surface area contributed by atoms with Gasteiger partial charge in [0.1, 0.15) is 11.3 Å². The predicted molar refractivity (Wildman–Crippen MR) is 141 cm³/mol. The van der Waals surface area contributed by atoms with Crippen LogP contribution >= 0.6 is 23.2 Å². The summed E-state index contributed by atoms with van der Waals surface area (Å²) in [4.78, 5) is 14.7. The Bertz CT molecular complexity index is 1200. The number of anilines is 1. The van der Waals surface area contributed by atoms with E-state index in [1.165, 1.54) is 12.8 Å². The molecular formula is C26H34Cl2N6O. The van der Waals surface area contributed by atoms with Gasteiger partial charge in [-0.3, -0.25) is 4.90 Å². The average Bonchev–Trinajstić information content (AvgIpc) is 3.19. The molecule has 2 aliphatic heterocycles. The van der Waals surface area contributed by atoms with Gasteiger partial charge >= 0.3 is 0 Å². The fraction of sp³-hybridized carbons (Fsp3) is 0.577. The van der Waals surface area contributed by atoms with E-state index in [9.17, 15) is 5.11 Å². The molecule has 0 aliphatic carbocycles. The van der Waals surface area contributed by atoms with Gasteiger partial charge in [0.15, 0.2) is 5.65 Å². The van der Waals surface area contributed by atoms with Crippen molar-refractivity contribution in [3.63, 3.8) is 0 Å². The Morgan fingerprint density at radius 1 is 1.17 bits per heavy atom. The van der Waals surface area contributed by atoms with Gasteiger partial charge < -0.3 is 10.0 Å². The number of halogens is 2. The monoisotopic (exact) mass is 516 g/mol. The maximum Gasteiger partial charge on any atom is 0.179 e. The molecule has 0 unspecified atom stereocenters. The molecule has 0 bridgehead atoms. The third-order valence-corrected chi connectivity index (χ3v) is 8.31. The SMILES string of the molecule is Cc1nn([C@H](C)c2ccc(Cl)cc2Cl)c2nc(N3CC[C@H](N4CCC[C@@H](C)C4)[C@H](CO)C3)cnc12. The molecule has 188 valence electrons. The number of hydrogen-bond donors (Lipinski definition) is 1. The fourth-order valence-electron chi connectivity index (χ4n) is 5.85. The van der Waals surface area contributed by atoms with Crippen LogP contribution in [0.1, 0.15) is 50.4 Å². The molecule has 2 aliphatic rings. The van der Waals surface area contributed by atoms with E-state index in [0.29, 0.717) is 16.1 Å². The molecular weight excluding hydrogens is 483 g/mol. The zero-order valence-corrected chi connectivity index (χ0v) is 22.2. The van der Waals surface area contributed by atoms with Gasteiger partial charge in [0.25, 0.3) is 0 Å². The first kappa shape index (κ1) is 24.8. The van der Waals surface area contributed by atoms with Gasteiger partial charge in [-0.05, 0) is 63.3 Å². The summed E-state index contributed by atoms with van der Waals surface area (Å²) in [6, 6.07) is 5.84. The van der Waals surface area contributed by atoms with Crippen molar-refractivity contribution in [2.24, 2.45) is 11.8 Å². The number of aliphatic hydroxyl groups excluding tert-OH is 1. The summed E-state index contributed by atoms with van der Waals surface area (Å²) in [6.45, 7) is 10.5. The Labute approximate surface area is 217 Å².